The Morgan fingerprint density at radius 3 is 2.29 bits per heavy atom. The predicted molar refractivity (Wildman–Crippen MR) is 97.6 cm³/mol. The fraction of sp³-hybridized carbons (Fsp3) is 0.350. The first kappa shape index (κ1) is 17.3. The first-order valence-corrected chi connectivity index (χ1v) is 9.00. The second-order valence-electron chi connectivity index (χ2n) is 6.32. The van der Waals surface area contributed by atoms with Gasteiger partial charge in [0.05, 0.1) is 22.6 Å². The van der Waals surface area contributed by atoms with Crippen molar-refractivity contribution < 1.29 is 9.53 Å². The summed E-state index contributed by atoms with van der Waals surface area (Å²) in [5.74, 6) is -0.0521. The van der Waals surface area contributed by atoms with Gasteiger partial charge in [-0.15, -0.1) is 0 Å². The standard InChI is InChI=1S/C20H20Cl2O2/c1-2-13-3-5-14(6-4-13)9-16-12-24-20(23)17(16)10-15-7-8-18(21)19(22)11-15/h3-8,11,16-17H,2,9-10,12H2,1H3/t16-,17+/m0/s1. The molecule has 1 aliphatic heterocycles. The molecule has 1 heterocycles. The van der Waals surface area contributed by atoms with Gasteiger partial charge >= 0.3 is 5.97 Å². The van der Waals surface area contributed by atoms with Gasteiger partial charge < -0.3 is 4.74 Å². The second kappa shape index (κ2) is 7.58. The molecule has 0 amide bonds. The number of ether oxygens (including phenoxy) is 1. The molecule has 4 heteroatoms. The number of hydrogen-bond donors (Lipinski definition) is 0. The number of cyclic esters (lactones) is 1. The number of hydrogen-bond acceptors (Lipinski definition) is 2. The minimum atomic E-state index is -0.131. The normalized spacial score (nSPS) is 20.2. The molecule has 1 saturated heterocycles. The highest BCUT2D eigenvalue weighted by atomic mass is 35.5. The Kier molecular flexibility index (Phi) is 5.47. The van der Waals surface area contributed by atoms with E-state index in [-0.39, 0.29) is 17.8 Å². The Labute approximate surface area is 152 Å². The van der Waals surface area contributed by atoms with Crippen molar-refractivity contribution in [1.82, 2.24) is 0 Å². The van der Waals surface area contributed by atoms with Crippen molar-refractivity contribution in [3.63, 3.8) is 0 Å². The first-order chi connectivity index (χ1) is 11.6. The highest BCUT2D eigenvalue weighted by Gasteiger charge is 2.36. The fourth-order valence-electron chi connectivity index (χ4n) is 3.19. The second-order valence-corrected chi connectivity index (χ2v) is 7.14. The van der Waals surface area contributed by atoms with E-state index < -0.39 is 0 Å². The molecule has 24 heavy (non-hydrogen) atoms. The van der Waals surface area contributed by atoms with Crippen LogP contribution in [0.4, 0.5) is 0 Å². The molecular formula is C20H20Cl2O2. The predicted octanol–water partition coefficient (Wildman–Crippen LogP) is 5.13. The van der Waals surface area contributed by atoms with Crippen LogP contribution >= 0.6 is 23.2 Å². The Morgan fingerprint density at radius 2 is 1.62 bits per heavy atom. The van der Waals surface area contributed by atoms with Gasteiger partial charge in [0, 0.05) is 5.92 Å². The molecule has 1 fully saturated rings. The van der Waals surface area contributed by atoms with E-state index in [1.807, 2.05) is 12.1 Å². The zero-order chi connectivity index (χ0) is 17.1. The van der Waals surface area contributed by atoms with Gasteiger partial charge in [-0.1, -0.05) is 60.5 Å². The van der Waals surface area contributed by atoms with Crippen molar-refractivity contribution >= 4 is 29.2 Å². The van der Waals surface area contributed by atoms with Gasteiger partial charge in [-0.05, 0) is 48.1 Å². The summed E-state index contributed by atoms with van der Waals surface area (Å²) in [4.78, 5) is 12.2. The topological polar surface area (TPSA) is 26.3 Å². The van der Waals surface area contributed by atoms with Crippen LogP contribution in [-0.2, 0) is 28.8 Å². The van der Waals surface area contributed by atoms with Crippen LogP contribution in [0.5, 0.6) is 0 Å². The van der Waals surface area contributed by atoms with Gasteiger partial charge in [-0.25, -0.2) is 0 Å². The van der Waals surface area contributed by atoms with E-state index in [2.05, 4.69) is 31.2 Å². The third-order valence-electron chi connectivity index (χ3n) is 4.68. The molecule has 2 atom stereocenters. The number of esters is 1. The van der Waals surface area contributed by atoms with Crippen molar-refractivity contribution in [2.45, 2.75) is 26.2 Å². The van der Waals surface area contributed by atoms with Crippen LogP contribution in [0.25, 0.3) is 0 Å². The Bertz CT molecular complexity index is 725. The summed E-state index contributed by atoms with van der Waals surface area (Å²) >= 11 is 12.0. The molecule has 0 bridgehead atoms. The number of halogens is 2. The number of carbonyl (C=O) groups excluding carboxylic acids is 1. The lowest BCUT2D eigenvalue weighted by Gasteiger charge is -2.16. The molecule has 0 N–H and O–H groups in total. The minimum Gasteiger partial charge on any atom is -0.465 e. The summed E-state index contributed by atoms with van der Waals surface area (Å²) < 4.78 is 5.32. The molecule has 2 aromatic carbocycles. The largest absolute Gasteiger partial charge is 0.465 e. The molecule has 2 aromatic rings. The number of benzene rings is 2. The lowest BCUT2D eigenvalue weighted by molar-refractivity contribution is -0.141. The van der Waals surface area contributed by atoms with E-state index in [0.29, 0.717) is 23.1 Å². The van der Waals surface area contributed by atoms with Gasteiger partial charge in [-0.3, -0.25) is 4.79 Å². The van der Waals surface area contributed by atoms with Gasteiger partial charge in [0.15, 0.2) is 0 Å². The van der Waals surface area contributed by atoms with Crippen LogP contribution in [0.2, 0.25) is 10.0 Å². The smallest absolute Gasteiger partial charge is 0.309 e. The Hall–Kier alpha value is -1.51. The van der Waals surface area contributed by atoms with E-state index in [4.69, 9.17) is 27.9 Å². The maximum Gasteiger partial charge on any atom is 0.309 e. The first-order valence-electron chi connectivity index (χ1n) is 8.25. The molecule has 0 aromatic heterocycles. The molecule has 1 aliphatic rings. The lowest BCUT2D eigenvalue weighted by atomic mass is 9.85. The van der Waals surface area contributed by atoms with Crippen LogP contribution in [0.15, 0.2) is 42.5 Å². The molecule has 0 unspecified atom stereocenters. The number of aryl methyl sites for hydroxylation is 1. The number of carbonyl (C=O) groups is 1. The highest BCUT2D eigenvalue weighted by molar-refractivity contribution is 6.42. The van der Waals surface area contributed by atoms with Crippen molar-refractivity contribution in [2.24, 2.45) is 11.8 Å². The SMILES string of the molecule is CCc1ccc(C[C@H]2COC(=O)[C@@H]2Cc2ccc(Cl)c(Cl)c2)cc1. The molecule has 2 nitrogen and oxygen atoms in total. The summed E-state index contributed by atoms with van der Waals surface area (Å²) in [7, 11) is 0. The summed E-state index contributed by atoms with van der Waals surface area (Å²) in [6, 6.07) is 14.1. The molecular weight excluding hydrogens is 343 g/mol. The third-order valence-corrected chi connectivity index (χ3v) is 5.42. The Morgan fingerprint density at radius 1 is 0.958 bits per heavy atom. The van der Waals surface area contributed by atoms with Crippen LogP contribution in [0.3, 0.4) is 0 Å². The van der Waals surface area contributed by atoms with Crippen molar-refractivity contribution in [2.75, 3.05) is 6.61 Å². The quantitative estimate of drug-likeness (QED) is 0.689. The molecule has 126 valence electrons. The number of rotatable bonds is 5. The average molecular weight is 363 g/mol. The van der Waals surface area contributed by atoms with Crippen molar-refractivity contribution in [1.29, 1.82) is 0 Å². The molecule has 0 spiro atoms. The Balaban J connectivity index is 1.72. The van der Waals surface area contributed by atoms with Gasteiger partial charge in [0.2, 0.25) is 0 Å². The lowest BCUT2D eigenvalue weighted by Crippen LogP contribution is -2.20. The van der Waals surface area contributed by atoms with E-state index in [9.17, 15) is 4.79 Å². The van der Waals surface area contributed by atoms with Crippen LogP contribution < -0.4 is 0 Å². The zero-order valence-electron chi connectivity index (χ0n) is 13.6. The average Bonchev–Trinajstić information content (AvgIpc) is 2.92. The summed E-state index contributed by atoms with van der Waals surface area (Å²) in [6.45, 7) is 2.63. The van der Waals surface area contributed by atoms with Gasteiger partial charge in [0.1, 0.15) is 0 Å². The monoisotopic (exact) mass is 362 g/mol. The van der Waals surface area contributed by atoms with E-state index in [0.717, 1.165) is 18.4 Å². The van der Waals surface area contributed by atoms with Gasteiger partial charge in [-0.2, -0.15) is 0 Å². The van der Waals surface area contributed by atoms with Crippen LogP contribution in [0.1, 0.15) is 23.6 Å². The molecule has 0 radical (unpaired) electrons. The van der Waals surface area contributed by atoms with Gasteiger partial charge in [0.25, 0.3) is 0 Å². The van der Waals surface area contributed by atoms with Crippen LogP contribution in [0, 0.1) is 11.8 Å². The zero-order valence-corrected chi connectivity index (χ0v) is 15.1. The van der Waals surface area contributed by atoms with E-state index in [1.54, 1.807) is 6.07 Å². The van der Waals surface area contributed by atoms with E-state index in [1.165, 1.54) is 11.1 Å². The maximum atomic E-state index is 12.2. The molecule has 0 saturated carbocycles. The summed E-state index contributed by atoms with van der Waals surface area (Å²) in [6.07, 6.45) is 2.51. The highest BCUT2D eigenvalue weighted by Crippen LogP contribution is 2.31. The van der Waals surface area contributed by atoms with Crippen molar-refractivity contribution in [3.05, 3.63) is 69.2 Å². The molecule has 0 aliphatic carbocycles. The minimum absolute atomic E-state index is 0.115. The molecule has 3 rings (SSSR count). The van der Waals surface area contributed by atoms with Crippen molar-refractivity contribution in [3.8, 4) is 0 Å². The summed E-state index contributed by atoms with van der Waals surface area (Å²) in [5.41, 5.74) is 3.58. The summed E-state index contributed by atoms with van der Waals surface area (Å²) in [5, 5.41) is 1.05. The van der Waals surface area contributed by atoms with Crippen LogP contribution in [-0.4, -0.2) is 12.6 Å². The third kappa shape index (κ3) is 3.93. The maximum absolute atomic E-state index is 12.2. The fourth-order valence-corrected chi connectivity index (χ4v) is 3.51. The van der Waals surface area contributed by atoms with E-state index >= 15 is 0 Å².